The van der Waals surface area contributed by atoms with Crippen LogP contribution in [0.15, 0.2) is 137 Å². The second kappa shape index (κ2) is 24.5. The molecule has 4 N–H and O–H groups in total. The van der Waals surface area contributed by atoms with Gasteiger partial charge in [-0.2, -0.15) is 8.78 Å². The van der Waals surface area contributed by atoms with E-state index in [1.807, 2.05) is 45.8 Å². The van der Waals surface area contributed by atoms with Crippen molar-refractivity contribution < 1.29 is 108 Å². The molecule has 27 heteroatoms. The summed E-state index contributed by atoms with van der Waals surface area (Å²) in [6.45, 7) is 5.17. The van der Waals surface area contributed by atoms with Crippen molar-refractivity contribution in [2.75, 3.05) is 9.44 Å². The Kier molecular flexibility index (Phi) is 20.2. The predicted molar refractivity (Wildman–Crippen MR) is 250 cm³/mol. The molecule has 15 nitrogen and oxygen atoms in total. The first-order chi connectivity index (χ1) is 32.1. The summed E-state index contributed by atoms with van der Waals surface area (Å²) in [5.74, 6) is -6.19. The summed E-state index contributed by atoms with van der Waals surface area (Å²) in [5.41, 5.74) is 8.11. The monoisotopic (exact) mass is 1150 g/mol. The van der Waals surface area contributed by atoms with Gasteiger partial charge in [0.05, 0.1) is 23.1 Å². The van der Waals surface area contributed by atoms with Crippen LogP contribution in [0.1, 0.15) is 49.5 Å². The van der Waals surface area contributed by atoms with E-state index in [0.717, 1.165) is 56.7 Å². The Labute approximate surface area is 451 Å². The fourth-order valence-corrected chi connectivity index (χ4v) is 9.74. The molecule has 0 bridgehead atoms. The smallest absolute Gasteiger partial charge is 1.00 e. The first-order valence-electron chi connectivity index (χ1n) is 20.0. The molecule has 8 aromatic rings. The van der Waals surface area contributed by atoms with E-state index < -0.39 is 84.2 Å². The van der Waals surface area contributed by atoms with Crippen LogP contribution in [0.5, 0.6) is 0 Å². The van der Waals surface area contributed by atoms with Crippen LogP contribution in [0, 0.1) is 27.1 Å². The van der Waals surface area contributed by atoms with Gasteiger partial charge in [-0.1, -0.05) is 61.5 Å². The number of fused-ring (bicyclic) bond motifs is 2. The van der Waals surface area contributed by atoms with E-state index >= 15 is 0 Å². The van der Waals surface area contributed by atoms with E-state index in [2.05, 4.69) is 32.6 Å². The van der Waals surface area contributed by atoms with Crippen molar-refractivity contribution in [3.63, 3.8) is 0 Å². The third-order valence-corrected chi connectivity index (χ3v) is 13.7. The zero-order valence-electron chi connectivity index (χ0n) is 37.0. The Hall–Kier alpha value is -4.88. The van der Waals surface area contributed by atoms with Gasteiger partial charge in [-0.25, -0.2) is 45.2 Å². The number of benzene rings is 4. The zero-order valence-corrected chi connectivity index (χ0v) is 43.9. The number of hydrogen-bond acceptors (Lipinski definition) is 11. The minimum Gasteiger partial charge on any atom is -1.00 e. The number of aromatic nitrogens is 4. The molecule has 0 unspecified atom stereocenters. The molecular formula is C43H37BF7IKN7O8S2. The van der Waals surface area contributed by atoms with E-state index in [0.29, 0.717) is 0 Å². The number of rotatable bonds is 12. The van der Waals surface area contributed by atoms with Gasteiger partial charge in [0.1, 0.15) is 33.1 Å². The number of halogens is 8. The number of anilines is 2. The minimum atomic E-state index is -4.48. The number of nitrogens with one attached hydrogen (secondary N) is 2. The number of pyridine rings is 2. The molecule has 0 aliphatic carbocycles. The topological polar surface area (TPSA) is 214 Å². The fourth-order valence-electron chi connectivity index (χ4n) is 6.75. The van der Waals surface area contributed by atoms with Crippen molar-refractivity contribution in [2.24, 2.45) is 5.73 Å². The Morgan fingerprint density at radius 2 is 1.07 bits per heavy atom. The van der Waals surface area contributed by atoms with Crippen molar-refractivity contribution in [3.8, 4) is 0 Å². The maximum atomic E-state index is 14.9. The number of oxazole rings is 2. The molecule has 4 heterocycles. The summed E-state index contributed by atoms with van der Waals surface area (Å²) in [6.07, 6.45) is -0.0278. The molecule has 0 fully saturated rings. The average molecular weight is 1150 g/mol. The quantitative estimate of drug-likeness (QED) is 0.0701. The number of hydrogen-bond donors (Lipinski definition) is 3. The van der Waals surface area contributed by atoms with E-state index in [1.54, 1.807) is 26.0 Å². The SMILES string of the molecule is CCB(F)F.C[C@H](c1ccccc1CN)n1c(=O)oc2cc(S(=O)(=O)Nc3cccc(F)n3)c(F)cc21.C[C@H](c1ccccc1I)n1c(=O)oc2cc(S(=O)(=O)Nc3cccc(F)n3)c(F)cc21.[F-].[K+]. The second-order valence-electron chi connectivity index (χ2n) is 14.5. The van der Waals surface area contributed by atoms with Crippen molar-refractivity contribution in [2.45, 2.75) is 55.5 Å². The maximum absolute atomic E-state index is 14.9. The molecule has 0 aliphatic heterocycles. The van der Waals surface area contributed by atoms with E-state index in [1.165, 1.54) is 40.3 Å². The molecule has 0 saturated carbocycles. The minimum absolute atomic E-state index is 0. The van der Waals surface area contributed by atoms with Crippen LogP contribution in [0.4, 0.5) is 37.8 Å². The van der Waals surface area contributed by atoms with Gasteiger partial charge in [0.25, 0.3) is 20.0 Å². The summed E-state index contributed by atoms with van der Waals surface area (Å²) >= 11 is 2.13. The summed E-state index contributed by atoms with van der Waals surface area (Å²) in [5, 5.41) is 0. The second-order valence-corrected chi connectivity index (χ2v) is 18.9. The molecule has 0 saturated heterocycles. The van der Waals surface area contributed by atoms with Crippen LogP contribution in [0.25, 0.3) is 22.2 Å². The van der Waals surface area contributed by atoms with Crippen molar-refractivity contribution in [1.29, 1.82) is 0 Å². The largest absolute Gasteiger partial charge is 1.00 e. The van der Waals surface area contributed by atoms with Crippen LogP contribution in [-0.4, -0.2) is 43.2 Å². The van der Waals surface area contributed by atoms with E-state index in [9.17, 15) is 52.6 Å². The third kappa shape index (κ3) is 13.3. The van der Waals surface area contributed by atoms with Crippen LogP contribution in [0.3, 0.4) is 0 Å². The summed E-state index contributed by atoms with van der Waals surface area (Å²) in [7, 11) is -11.1. The van der Waals surface area contributed by atoms with Crippen molar-refractivity contribution in [3.05, 3.63) is 174 Å². The van der Waals surface area contributed by atoms with Gasteiger partial charge in [0, 0.05) is 34.4 Å². The first-order valence-corrected chi connectivity index (χ1v) is 24.0. The van der Waals surface area contributed by atoms with Crippen LogP contribution < -0.4 is 82.8 Å². The van der Waals surface area contributed by atoms with Crippen LogP contribution in [-0.2, 0) is 26.6 Å². The van der Waals surface area contributed by atoms with E-state index in [4.69, 9.17) is 14.6 Å². The van der Waals surface area contributed by atoms with Gasteiger partial charge in [0.2, 0.25) is 11.9 Å². The van der Waals surface area contributed by atoms with Gasteiger partial charge >= 0.3 is 70.2 Å². The van der Waals surface area contributed by atoms with Gasteiger partial charge in [-0.3, -0.25) is 27.2 Å². The van der Waals surface area contributed by atoms with Crippen molar-refractivity contribution >= 4 is 83.7 Å². The molecule has 0 aliphatic rings. The van der Waals surface area contributed by atoms with Gasteiger partial charge in [0.15, 0.2) is 11.2 Å². The molecule has 70 heavy (non-hydrogen) atoms. The maximum Gasteiger partial charge on any atom is 1.00 e. The van der Waals surface area contributed by atoms with Gasteiger partial charge in [-0.05, 0) is 89.8 Å². The Morgan fingerprint density at radius 3 is 1.47 bits per heavy atom. The van der Waals surface area contributed by atoms with Gasteiger partial charge in [-0.15, -0.1) is 0 Å². The molecule has 0 radical (unpaired) electrons. The Morgan fingerprint density at radius 1 is 0.671 bits per heavy atom. The molecule has 4 aromatic heterocycles. The molecule has 2 atom stereocenters. The zero-order chi connectivity index (χ0) is 49.7. The molecular weight excluding hydrogens is 1120 g/mol. The van der Waals surface area contributed by atoms with Crippen LogP contribution in [0.2, 0.25) is 6.32 Å². The summed E-state index contributed by atoms with van der Waals surface area (Å²) < 4.78 is 146. The first kappa shape index (κ1) is 57.7. The van der Waals surface area contributed by atoms with Crippen molar-refractivity contribution in [1.82, 2.24) is 19.1 Å². The molecule has 364 valence electrons. The molecule has 0 spiro atoms. The Bertz CT molecular complexity index is 3500. The molecule has 8 rings (SSSR count). The van der Waals surface area contributed by atoms with Gasteiger partial charge < -0.3 is 19.3 Å². The molecule has 0 amide bonds. The van der Waals surface area contributed by atoms with E-state index in [-0.39, 0.29) is 103 Å². The number of nitrogens with two attached hydrogens (primary N) is 1. The Balaban J connectivity index is 0.000000271. The summed E-state index contributed by atoms with van der Waals surface area (Å²) in [6, 6.07) is 24.2. The average Bonchev–Trinajstić information content (AvgIpc) is 3.78. The normalized spacial score (nSPS) is 12.0. The third-order valence-electron chi connectivity index (χ3n) is 9.98. The fraction of sp³-hybridized carbons (Fsp3) is 0.163. The number of nitrogens with zero attached hydrogens (tertiary/aromatic N) is 4. The summed E-state index contributed by atoms with van der Waals surface area (Å²) in [4.78, 5) is 30.4. The molecule has 4 aromatic carbocycles. The van der Waals surface area contributed by atoms with Crippen LogP contribution >= 0.6 is 22.6 Å². The number of sulfonamides is 2. The standard InChI is InChI=1S/C21H18F2N4O4S.C20H14F2IN3O4S.C2H5BF2.FH.K/c1-12(14-6-3-2-5-13(14)11-24)27-16-9-15(22)18(10-17(16)31-21(27)28)32(29,30)26-20-8-4-7-19(23)25-20;1-11(12-5-2-3-6-14(12)23)26-15-9-13(21)17(10-16(15)30-20(26)27)31(28,29)25-19-8-4-7-18(22)24-19;1-2-3(4)5;;/h2-10,12H,11,24H2,1H3,(H,25,26);2-11H,1H3,(H,24,25);2H2,1H3;1H;/q;;;;+1/p-1/t12-;11-;;;/m11.../s1. The predicted octanol–water partition coefficient (Wildman–Crippen LogP) is 2.86.